The highest BCUT2D eigenvalue weighted by molar-refractivity contribution is 6.29. The lowest BCUT2D eigenvalue weighted by Gasteiger charge is -2.14. The van der Waals surface area contributed by atoms with Gasteiger partial charge < -0.3 is 5.32 Å². The molecule has 28 heavy (non-hydrogen) atoms. The van der Waals surface area contributed by atoms with Gasteiger partial charge in [-0.2, -0.15) is 0 Å². The fourth-order valence-corrected chi connectivity index (χ4v) is 2.78. The normalized spacial score (nSPS) is 12.1. The van der Waals surface area contributed by atoms with Crippen molar-refractivity contribution in [2.24, 2.45) is 0 Å². The molecule has 1 atom stereocenters. The Morgan fingerprint density at radius 3 is 2.61 bits per heavy atom. The molecule has 2 aromatic carbocycles. The zero-order valence-electron chi connectivity index (χ0n) is 15.0. The van der Waals surface area contributed by atoms with Crippen molar-refractivity contribution in [1.29, 1.82) is 0 Å². The molecular formula is C22H17ClF2N2O. The van der Waals surface area contributed by atoms with Crippen LogP contribution in [0.25, 0.3) is 17.2 Å². The Kier molecular flexibility index (Phi) is 6.16. The van der Waals surface area contributed by atoms with Crippen molar-refractivity contribution in [2.75, 3.05) is 0 Å². The maximum Gasteiger partial charge on any atom is 0.244 e. The number of pyridine rings is 1. The van der Waals surface area contributed by atoms with Crippen LogP contribution in [0.4, 0.5) is 8.78 Å². The summed E-state index contributed by atoms with van der Waals surface area (Å²) in [6.45, 7) is 1.86. The van der Waals surface area contributed by atoms with Gasteiger partial charge in [0.05, 0.1) is 6.04 Å². The SMILES string of the molecule is C[C@H](NC(=O)/C=C/c1ccc(F)c(F)c1)c1cccc(-c2ccc(Cl)nc2)c1. The second-order valence-corrected chi connectivity index (χ2v) is 6.62. The van der Waals surface area contributed by atoms with Crippen molar-refractivity contribution in [3.05, 3.63) is 94.8 Å². The molecule has 3 aromatic rings. The van der Waals surface area contributed by atoms with Gasteiger partial charge in [0.15, 0.2) is 11.6 Å². The number of amides is 1. The third-order valence-corrected chi connectivity index (χ3v) is 4.40. The Morgan fingerprint density at radius 2 is 1.89 bits per heavy atom. The average Bonchev–Trinajstić information content (AvgIpc) is 2.69. The van der Waals surface area contributed by atoms with Gasteiger partial charge in [0.2, 0.25) is 5.91 Å². The highest BCUT2D eigenvalue weighted by Gasteiger charge is 2.09. The third-order valence-electron chi connectivity index (χ3n) is 4.18. The van der Waals surface area contributed by atoms with Gasteiger partial charge in [0.1, 0.15) is 5.15 Å². The van der Waals surface area contributed by atoms with Crippen molar-refractivity contribution < 1.29 is 13.6 Å². The third kappa shape index (κ3) is 5.02. The minimum Gasteiger partial charge on any atom is -0.346 e. The summed E-state index contributed by atoms with van der Waals surface area (Å²) in [4.78, 5) is 16.2. The van der Waals surface area contributed by atoms with Crippen LogP contribution in [-0.4, -0.2) is 10.9 Å². The number of rotatable bonds is 5. The molecule has 0 unspecified atom stereocenters. The van der Waals surface area contributed by atoms with Gasteiger partial charge in [-0.3, -0.25) is 4.79 Å². The number of benzene rings is 2. The van der Waals surface area contributed by atoms with E-state index in [0.29, 0.717) is 10.7 Å². The summed E-state index contributed by atoms with van der Waals surface area (Å²) in [6, 6.07) is 14.5. The quantitative estimate of drug-likeness (QED) is 0.451. The van der Waals surface area contributed by atoms with Crippen molar-refractivity contribution in [3.8, 4) is 11.1 Å². The standard InChI is InChI=1S/C22H17ClF2N2O/c1-14(27-22(28)10-6-15-5-8-19(24)20(25)11-15)16-3-2-4-17(12-16)18-7-9-21(23)26-13-18/h2-14H,1H3,(H,27,28)/b10-6+/t14-/m0/s1. The number of aromatic nitrogens is 1. The lowest BCUT2D eigenvalue weighted by Crippen LogP contribution is -2.24. The molecule has 0 aliphatic carbocycles. The van der Waals surface area contributed by atoms with Crippen LogP contribution in [0.3, 0.4) is 0 Å². The van der Waals surface area contributed by atoms with E-state index >= 15 is 0 Å². The van der Waals surface area contributed by atoms with Crippen molar-refractivity contribution in [2.45, 2.75) is 13.0 Å². The largest absolute Gasteiger partial charge is 0.346 e. The highest BCUT2D eigenvalue weighted by atomic mass is 35.5. The van der Waals surface area contributed by atoms with Crippen LogP contribution in [-0.2, 0) is 4.79 Å². The molecule has 1 heterocycles. The van der Waals surface area contributed by atoms with E-state index in [9.17, 15) is 13.6 Å². The molecule has 0 saturated heterocycles. The summed E-state index contributed by atoms with van der Waals surface area (Å²) in [6.07, 6.45) is 4.41. The Balaban J connectivity index is 1.68. The molecular weight excluding hydrogens is 382 g/mol. The molecule has 142 valence electrons. The maximum atomic E-state index is 13.2. The van der Waals surface area contributed by atoms with Gasteiger partial charge in [-0.1, -0.05) is 35.9 Å². The van der Waals surface area contributed by atoms with E-state index in [-0.39, 0.29) is 11.9 Å². The van der Waals surface area contributed by atoms with Crippen LogP contribution in [0, 0.1) is 11.6 Å². The summed E-state index contributed by atoms with van der Waals surface area (Å²) in [5.74, 6) is -2.22. The number of carbonyl (C=O) groups is 1. The molecule has 0 aliphatic rings. The molecule has 0 bridgehead atoms. The summed E-state index contributed by atoms with van der Waals surface area (Å²) >= 11 is 5.82. The number of hydrogen-bond acceptors (Lipinski definition) is 2. The maximum absolute atomic E-state index is 13.2. The number of nitrogens with zero attached hydrogens (tertiary/aromatic N) is 1. The molecule has 0 fully saturated rings. The zero-order chi connectivity index (χ0) is 20.1. The molecule has 3 nitrogen and oxygen atoms in total. The lowest BCUT2D eigenvalue weighted by atomic mass is 10.0. The predicted octanol–water partition coefficient (Wildman–Crippen LogP) is 5.57. The molecule has 3 rings (SSSR count). The number of hydrogen-bond donors (Lipinski definition) is 1. The van der Waals surface area contributed by atoms with E-state index in [1.807, 2.05) is 37.3 Å². The zero-order valence-corrected chi connectivity index (χ0v) is 15.8. The Bertz CT molecular complexity index is 1020. The van der Waals surface area contributed by atoms with Gasteiger partial charge in [-0.25, -0.2) is 13.8 Å². The van der Waals surface area contributed by atoms with Crippen LogP contribution in [0.1, 0.15) is 24.1 Å². The summed E-state index contributed by atoms with van der Waals surface area (Å²) < 4.78 is 26.2. The first-order chi connectivity index (χ1) is 13.4. The fourth-order valence-electron chi connectivity index (χ4n) is 2.67. The van der Waals surface area contributed by atoms with Crippen LogP contribution in [0.15, 0.2) is 66.9 Å². The summed E-state index contributed by atoms with van der Waals surface area (Å²) in [5.41, 5.74) is 3.20. The van der Waals surface area contributed by atoms with Gasteiger partial charge in [-0.05, 0) is 60.0 Å². The molecule has 0 radical (unpaired) electrons. The molecule has 6 heteroatoms. The van der Waals surface area contributed by atoms with Crippen LogP contribution >= 0.6 is 11.6 Å². The fraction of sp³-hybridized carbons (Fsp3) is 0.0909. The van der Waals surface area contributed by atoms with Crippen molar-refractivity contribution in [1.82, 2.24) is 10.3 Å². The second kappa shape index (κ2) is 8.76. The molecule has 0 saturated carbocycles. The average molecular weight is 399 g/mol. The van der Waals surface area contributed by atoms with Crippen molar-refractivity contribution in [3.63, 3.8) is 0 Å². The lowest BCUT2D eigenvalue weighted by molar-refractivity contribution is -0.117. The first kappa shape index (κ1) is 19.7. The van der Waals surface area contributed by atoms with Gasteiger partial charge in [-0.15, -0.1) is 0 Å². The van der Waals surface area contributed by atoms with Crippen LogP contribution in [0.2, 0.25) is 5.15 Å². The monoisotopic (exact) mass is 398 g/mol. The van der Waals surface area contributed by atoms with Gasteiger partial charge in [0.25, 0.3) is 0 Å². The van der Waals surface area contributed by atoms with Crippen LogP contribution in [0.5, 0.6) is 0 Å². The first-order valence-corrected chi connectivity index (χ1v) is 8.95. The van der Waals surface area contributed by atoms with E-state index in [1.165, 1.54) is 18.2 Å². The highest BCUT2D eigenvalue weighted by Crippen LogP contribution is 2.23. The number of nitrogens with one attached hydrogen (secondary N) is 1. The van der Waals surface area contributed by atoms with E-state index in [0.717, 1.165) is 28.8 Å². The first-order valence-electron chi connectivity index (χ1n) is 8.58. The summed E-state index contributed by atoms with van der Waals surface area (Å²) in [5, 5.41) is 3.27. The van der Waals surface area contributed by atoms with E-state index in [4.69, 9.17) is 11.6 Å². The Morgan fingerprint density at radius 1 is 1.07 bits per heavy atom. The van der Waals surface area contributed by atoms with E-state index in [2.05, 4.69) is 10.3 Å². The molecule has 0 aliphatic heterocycles. The van der Waals surface area contributed by atoms with Crippen LogP contribution < -0.4 is 5.32 Å². The predicted molar refractivity (Wildman–Crippen MR) is 107 cm³/mol. The molecule has 1 N–H and O–H groups in total. The van der Waals surface area contributed by atoms with Crippen molar-refractivity contribution >= 4 is 23.6 Å². The van der Waals surface area contributed by atoms with E-state index in [1.54, 1.807) is 12.3 Å². The second-order valence-electron chi connectivity index (χ2n) is 6.23. The topological polar surface area (TPSA) is 42.0 Å². The summed E-state index contributed by atoms with van der Waals surface area (Å²) in [7, 11) is 0. The smallest absolute Gasteiger partial charge is 0.244 e. The minimum absolute atomic E-state index is 0.248. The van der Waals surface area contributed by atoms with E-state index < -0.39 is 11.6 Å². The Labute approximate surface area is 166 Å². The molecule has 1 amide bonds. The number of halogens is 3. The molecule has 1 aromatic heterocycles. The number of carbonyl (C=O) groups excluding carboxylic acids is 1. The minimum atomic E-state index is -0.954. The van der Waals surface area contributed by atoms with Gasteiger partial charge in [0, 0.05) is 17.8 Å². The van der Waals surface area contributed by atoms with Gasteiger partial charge >= 0.3 is 0 Å². The Hall–Kier alpha value is -3.05. The molecule has 0 spiro atoms.